The molecule has 1 N–H and O–H groups in total. The Bertz CT molecular complexity index is 466. The molecular weight excluding hydrogens is 226 g/mol. The monoisotopic (exact) mass is 243 g/mol. The van der Waals surface area contributed by atoms with Crippen molar-refractivity contribution >= 4 is 5.95 Å². The van der Waals surface area contributed by atoms with Gasteiger partial charge in [0.2, 0.25) is 5.95 Å². The number of aromatic nitrogens is 2. The first-order valence-electron chi connectivity index (χ1n) is 6.13. The first-order valence-corrected chi connectivity index (χ1v) is 6.13. The molecule has 94 valence electrons. The van der Waals surface area contributed by atoms with Crippen molar-refractivity contribution in [1.29, 1.82) is 0 Å². The third kappa shape index (κ3) is 2.97. The zero-order valence-corrected chi connectivity index (χ0v) is 10.7. The van der Waals surface area contributed by atoms with Crippen molar-refractivity contribution in [3.8, 4) is 17.0 Å². The topological polar surface area (TPSA) is 47.0 Å². The van der Waals surface area contributed by atoms with E-state index in [1.807, 2.05) is 44.2 Å². The molecule has 0 saturated heterocycles. The highest BCUT2D eigenvalue weighted by Crippen LogP contribution is 2.22. The van der Waals surface area contributed by atoms with Crippen LogP contribution in [0.4, 0.5) is 5.95 Å². The summed E-state index contributed by atoms with van der Waals surface area (Å²) in [7, 11) is 0. The number of rotatable bonds is 5. The molecule has 0 spiro atoms. The lowest BCUT2D eigenvalue weighted by Crippen LogP contribution is -2.02. The molecule has 2 rings (SSSR count). The second kappa shape index (κ2) is 6.00. The fourth-order valence-electron chi connectivity index (χ4n) is 1.67. The maximum absolute atomic E-state index is 5.49. The lowest BCUT2D eigenvalue weighted by molar-refractivity contribution is 0.340. The number of anilines is 1. The first kappa shape index (κ1) is 12.4. The highest BCUT2D eigenvalue weighted by atomic mass is 16.5. The summed E-state index contributed by atoms with van der Waals surface area (Å²) in [6.07, 6.45) is 1.76. The molecule has 0 fully saturated rings. The molecule has 1 aromatic heterocycles. The summed E-state index contributed by atoms with van der Waals surface area (Å²) in [6.45, 7) is 5.46. The van der Waals surface area contributed by atoms with Gasteiger partial charge in [0.05, 0.1) is 12.3 Å². The Kier molecular flexibility index (Phi) is 4.12. The smallest absolute Gasteiger partial charge is 0.223 e. The molecule has 2 aromatic rings. The van der Waals surface area contributed by atoms with Gasteiger partial charge in [-0.2, -0.15) is 0 Å². The van der Waals surface area contributed by atoms with Gasteiger partial charge < -0.3 is 10.1 Å². The Labute approximate surface area is 107 Å². The van der Waals surface area contributed by atoms with Crippen molar-refractivity contribution in [2.45, 2.75) is 13.8 Å². The summed E-state index contributed by atoms with van der Waals surface area (Å²) >= 11 is 0. The average molecular weight is 243 g/mol. The van der Waals surface area contributed by atoms with Crippen molar-refractivity contribution in [3.05, 3.63) is 36.5 Å². The maximum Gasteiger partial charge on any atom is 0.223 e. The molecule has 0 amide bonds. The van der Waals surface area contributed by atoms with Crippen molar-refractivity contribution in [3.63, 3.8) is 0 Å². The second-order valence-corrected chi connectivity index (χ2v) is 3.76. The van der Waals surface area contributed by atoms with Crippen LogP contribution >= 0.6 is 0 Å². The van der Waals surface area contributed by atoms with E-state index in [1.54, 1.807) is 6.20 Å². The Hall–Kier alpha value is -2.10. The van der Waals surface area contributed by atoms with Gasteiger partial charge in [-0.15, -0.1) is 0 Å². The minimum Gasteiger partial charge on any atom is -0.494 e. The molecule has 0 aliphatic heterocycles. The minimum absolute atomic E-state index is 0.650. The van der Waals surface area contributed by atoms with Crippen LogP contribution in [0.5, 0.6) is 5.75 Å². The first-order chi connectivity index (χ1) is 8.83. The van der Waals surface area contributed by atoms with Crippen LogP contribution in [0.2, 0.25) is 0 Å². The molecule has 0 unspecified atom stereocenters. The summed E-state index contributed by atoms with van der Waals surface area (Å²) in [4.78, 5) is 8.62. The Balaban J connectivity index is 2.29. The summed E-state index contributed by atoms with van der Waals surface area (Å²) in [5, 5.41) is 3.10. The Morgan fingerprint density at radius 3 is 2.89 bits per heavy atom. The normalized spacial score (nSPS) is 10.1. The van der Waals surface area contributed by atoms with Gasteiger partial charge in [0.15, 0.2) is 0 Å². The fraction of sp³-hybridized carbons (Fsp3) is 0.286. The van der Waals surface area contributed by atoms with Crippen LogP contribution in [-0.4, -0.2) is 23.1 Å². The minimum atomic E-state index is 0.650. The zero-order chi connectivity index (χ0) is 12.8. The molecule has 0 atom stereocenters. The van der Waals surface area contributed by atoms with Crippen LogP contribution in [0.15, 0.2) is 36.5 Å². The zero-order valence-electron chi connectivity index (χ0n) is 10.7. The lowest BCUT2D eigenvalue weighted by Gasteiger charge is -2.07. The maximum atomic E-state index is 5.49. The molecule has 1 heterocycles. The van der Waals surface area contributed by atoms with Crippen LogP contribution in [0.1, 0.15) is 13.8 Å². The SMILES string of the molecule is CCNc1nccc(-c2cccc(OCC)c2)n1. The highest BCUT2D eigenvalue weighted by Gasteiger charge is 2.03. The molecule has 0 aliphatic rings. The number of nitrogens with zero attached hydrogens (tertiary/aromatic N) is 2. The summed E-state index contributed by atoms with van der Waals surface area (Å²) in [6, 6.07) is 9.81. The predicted octanol–water partition coefficient (Wildman–Crippen LogP) is 2.97. The van der Waals surface area contributed by atoms with E-state index in [0.717, 1.165) is 23.6 Å². The van der Waals surface area contributed by atoms with Crippen molar-refractivity contribution in [2.75, 3.05) is 18.5 Å². The van der Waals surface area contributed by atoms with E-state index in [4.69, 9.17) is 4.74 Å². The van der Waals surface area contributed by atoms with Crippen LogP contribution in [0, 0.1) is 0 Å². The molecule has 4 nitrogen and oxygen atoms in total. The second-order valence-electron chi connectivity index (χ2n) is 3.76. The molecule has 0 bridgehead atoms. The van der Waals surface area contributed by atoms with Gasteiger partial charge in [-0.3, -0.25) is 0 Å². The van der Waals surface area contributed by atoms with Crippen LogP contribution < -0.4 is 10.1 Å². The van der Waals surface area contributed by atoms with Crippen LogP contribution in [-0.2, 0) is 0 Å². The highest BCUT2D eigenvalue weighted by molar-refractivity contribution is 5.61. The quantitative estimate of drug-likeness (QED) is 0.877. The van der Waals surface area contributed by atoms with Gasteiger partial charge in [-0.05, 0) is 32.0 Å². The van der Waals surface area contributed by atoms with Crippen LogP contribution in [0.3, 0.4) is 0 Å². The third-order valence-corrected chi connectivity index (χ3v) is 2.43. The molecule has 0 saturated carbocycles. The number of benzene rings is 1. The molecule has 1 aromatic carbocycles. The van der Waals surface area contributed by atoms with E-state index in [0.29, 0.717) is 12.6 Å². The van der Waals surface area contributed by atoms with Gasteiger partial charge in [-0.1, -0.05) is 12.1 Å². The van der Waals surface area contributed by atoms with Gasteiger partial charge in [0, 0.05) is 18.3 Å². The van der Waals surface area contributed by atoms with E-state index in [-0.39, 0.29) is 0 Å². The summed E-state index contributed by atoms with van der Waals surface area (Å²) in [5.41, 5.74) is 1.92. The standard InChI is InChI=1S/C14H17N3O/c1-3-15-14-16-9-8-13(17-14)11-6-5-7-12(10-11)18-4-2/h5-10H,3-4H2,1-2H3,(H,15,16,17). The van der Waals surface area contributed by atoms with Gasteiger partial charge in [0.1, 0.15) is 5.75 Å². The number of hydrogen-bond acceptors (Lipinski definition) is 4. The average Bonchev–Trinajstić information content (AvgIpc) is 2.40. The fourth-order valence-corrected chi connectivity index (χ4v) is 1.67. The van der Waals surface area contributed by atoms with E-state index in [9.17, 15) is 0 Å². The van der Waals surface area contributed by atoms with Gasteiger partial charge >= 0.3 is 0 Å². The largest absolute Gasteiger partial charge is 0.494 e. The van der Waals surface area contributed by atoms with Gasteiger partial charge in [-0.25, -0.2) is 9.97 Å². The molecular formula is C14H17N3O. The van der Waals surface area contributed by atoms with Crippen molar-refractivity contribution < 1.29 is 4.74 Å². The predicted molar refractivity (Wildman–Crippen MR) is 72.8 cm³/mol. The van der Waals surface area contributed by atoms with Crippen molar-refractivity contribution in [2.24, 2.45) is 0 Å². The van der Waals surface area contributed by atoms with E-state index >= 15 is 0 Å². The van der Waals surface area contributed by atoms with Gasteiger partial charge in [0.25, 0.3) is 0 Å². The Morgan fingerprint density at radius 1 is 1.22 bits per heavy atom. The molecule has 18 heavy (non-hydrogen) atoms. The van der Waals surface area contributed by atoms with E-state index < -0.39 is 0 Å². The number of ether oxygens (including phenoxy) is 1. The summed E-state index contributed by atoms with van der Waals surface area (Å²) < 4.78 is 5.49. The number of nitrogens with one attached hydrogen (secondary N) is 1. The number of hydrogen-bond donors (Lipinski definition) is 1. The molecule has 0 radical (unpaired) electrons. The lowest BCUT2D eigenvalue weighted by atomic mass is 10.1. The Morgan fingerprint density at radius 2 is 2.11 bits per heavy atom. The van der Waals surface area contributed by atoms with E-state index in [1.165, 1.54) is 0 Å². The van der Waals surface area contributed by atoms with Crippen molar-refractivity contribution in [1.82, 2.24) is 9.97 Å². The molecule has 0 aliphatic carbocycles. The summed E-state index contributed by atoms with van der Waals surface area (Å²) in [5.74, 6) is 1.51. The van der Waals surface area contributed by atoms with Crippen LogP contribution in [0.25, 0.3) is 11.3 Å². The third-order valence-electron chi connectivity index (χ3n) is 2.43. The van der Waals surface area contributed by atoms with E-state index in [2.05, 4.69) is 15.3 Å². The molecule has 4 heteroatoms.